The summed E-state index contributed by atoms with van der Waals surface area (Å²) in [7, 11) is -4.21. The Morgan fingerprint density at radius 2 is 1.75 bits per heavy atom. The number of cyclic esters (lactones) is 1. The lowest BCUT2D eigenvalue weighted by molar-refractivity contribution is -0.228. The molecule has 3 aliphatic rings. The molecule has 0 radical (unpaired) electrons. The van der Waals surface area contributed by atoms with Crippen molar-refractivity contribution >= 4 is 15.9 Å². The zero-order chi connectivity index (χ0) is 26.1. The Balaban J connectivity index is 1.69. The van der Waals surface area contributed by atoms with Gasteiger partial charge in [0.25, 0.3) is 0 Å². The zero-order valence-corrected chi connectivity index (χ0v) is 20.1. The summed E-state index contributed by atoms with van der Waals surface area (Å²) in [4.78, 5) is 13.8. The van der Waals surface area contributed by atoms with Crippen molar-refractivity contribution in [2.45, 2.75) is 60.1 Å². The second-order valence-electron chi connectivity index (χ2n) is 9.78. The highest BCUT2D eigenvalue weighted by Crippen LogP contribution is 2.58. The van der Waals surface area contributed by atoms with Crippen LogP contribution in [0.4, 0.5) is 26.7 Å². The molecule has 4 atom stereocenters. The average Bonchev–Trinajstić information content (AvgIpc) is 3.42. The minimum absolute atomic E-state index is 0.102. The van der Waals surface area contributed by atoms with Crippen LogP contribution in [-0.2, 0) is 31.4 Å². The minimum Gasteiger partial charge on any atom is -0.448 e. The minimum atomic E-state index is -5.15. The fourth-order valence-corrected chi connectivity index (χ4v) is 8.65. The molecule has 2 aromatic rings. The molecule has 1 heterocycles. The number of hydrogen-bond donors (Lipinski definition) is 0. The molecule has 1 aliphatic heterocycles. The van der Waals surface area contributed by atoms with Crippen LogP contribution in [0, 0.1) is 11.7 Å². The summed E-state index contributed by atoms with van der Waals surface area (Å²) >= 11 is 0. The quantitative estimate of drug-likeness (QED) is 0.392. The van der Waals surface area contributed by atoms with Gasteiger partial charge in [-0.2, -0.15) is 13.2 Å². The number of sulfone groups is 1. The first-order chi connectivity index (χ1) is 16.8. The van der Waals surface area contributed by atoms with Gasteiger partial charge in [0.05, 0.1) is 11.4 Å². The van der Waals surface area contributed by atoms with E-state index in [-0.39, 0.29) is 30.8 Å². The average molecular weight is 530 g/mol. The third-order valence-electron chi connectivity index (χ3n) is 8.03. The summed E-state index contributed by atoms with van der Waals surface area (Å²) in [5.41, 5.74) is -3.58. The first-order valence-electron chi connectivity index (χ1n) is 11.6. The molecule has 1 unspecified atom stereocenters. The molecule has 1 saturated carbocycles. The lowest BCUT2D eigenvalue weighted by Gasteiger charge is -2.43. The van der Waals surface area contributed by atoms with Gasteiger partial charge >= 0.3 is 12.3 Å². The number of ether oxygens (including phenoxy) is 1. The summed E-state index contributed by atoms with van der Waals surface area (Å²) in [6.07, 6.45) is -4.75. The number of benzene rings is 2. The number of halogens is 5. The van der Waals surface area contributed by atoms with Crippen molar-refractivity contribution < 1.29 is 39.9 Å². The molecule has 2 aliphatic carbocycles. The molecule has 1 saturated heterocycles. The molecule has 0 aromatic heterocycles. The molecule has 2 fully saturated rings. The van der Waals surface area contributed by atoms with Crippen LogP contribution >= 0.6 is 0 Å². The van der Waals surface area contributed by atoms with Crippen molar-refractivity contribution in [1.29, 1.82) is 0 Å². The summed E-state index contributed by atoms with van der Waals surface area (Å²) in [6, 6.07) is 7.34. The maximum absolute atomic E-state index is 14.8. The van der Waals surface area contributed by atoms with Gasteiger partial charge in [0.2, 0.25) is 5.67 Å². The highest BCUT2D eigenvalue weighted by molar-refractivity contribution is 7.92. The van der Waals surface area contributed by atoms with E-state index in [0.29, 0.717) is 31.0 Å². The lowest BCUT2D eigenvalue weighted by atomic mass is 9.74. The highest BCUT2D eigenvalue weighted by Gasteiger charge is 2.62. The molecule has 36 heavy (non-hydrogen) atoms. The summed E-state index contributed by atoms with van der Waals surface area (Å²) in [5.74, 6) is -1.19. The molecule has 0 spiro atoms. The van der Waals surface area contributed by atoms with Crippen LogP contribution in [0.3, 0.4) is 0 Å². The van der Waals surface area contributed by atoms with Crippen molar-refractivity contribution in [3.63, 3.8) is 0 Å². The van der Waals surface area contributed by atoms with E-state index in [4.69, 9.17) is 4.74 Å². The number of alkyl halides is 4. The first kappa shape index (κ1) is 25.0. The standard InChI is InChI=1S/C25H24F5NO4S/c1-23(27,25(28,29)30)16-3-9-19-15(14-16)2-8-20-21(31-12-13-35-22(31)32)10-11-24(19,20)36(33,34)18-6-4-17(26)5-7-18/h3-7,9,14,20-21H,2,8,10-13H2,1H3/t20-,21+,23?,24+/m0/s1. The van der Waals surface area contributed by atoms with E-state index in [1.54, 1.807) is 0 Å². The number of rotatable bonds is 4. The number of aryl methyl sites for hydroxylation is 1. The van der Waals surface area contributed by atoms with E-state index < -0.39 is 55.9 Å². The Labute approximate surface area is 205 Å². The topological polar surface area (TPSA) is 63.7 Å². The van der Waals surface area contributed by atoms with E-state index in [1.807, 2.05) is 0 Å². The number of amides is 1. The number of fused-ring (bicyclic) bond motifs is 3. The van der Waals surface area contributed by atoms with Gasteiger partial charge < -0.3 is 9.64 Å². The normalized spacial score (nSPS) is 27.8. The van der Waals surface area contributed by atoms with Gasteiger partial charge in [-0.3, -0.25) is 0 Å². The third kappa shape index (κ3) is 3.45. The Morgan fingerprint density at radius 3 is 2.36 bits per heavy atom. The molecule has 194 valence electrons. The SMILES string of the molecule is CC(F)(c1ccc2c(c1)CC[C@H]1[C@H](N3CCOC3=O)CC[C@@]21S(=O)(=O)c1ccc(F)cc1)C(F)(F)F. The van der Waals surface area contributed by atoms with Crippen molar-refractivity contribution in [3.05, 3.63) is 65.0 Å². The molecule has 5 nitrogen and oxygen atoms in total. The Hall–Kier alpha value is -2.69. The molecular formula is C25H24F5NO4S. The Bertz CT molecular complexity index is 1310. The van der Waals surface area contributed by atoms with Gasteiger partial charge in [-0.1, -0.05) is 18.2 Å². The van der Waals surface area contributed by atoms with Gasteiger partial charge in [0, 0.05) is 12.0 Å². The van der Waals surface area contributed by atoms with Crippen LogP contribution in [0.5, 0.6) is 0 Å². The number of hydrogen-bond acceptors (Lipinski definition) is 4. The number of carbonyl (C=O) groups is 1. The molecule has 1 amide bonds. The van der Waals surface area contributed by atoms with Crippen molar-refractivity contribution in [2.24, 2.45) is 5.92 Å². The molecule has 11 heteroatoms. The summed E-state index contributed by atoms with van der Waals surface area (Å²) in [5, 5.41) is 0. The maximum atomic E-state index is 14.8. The largest absolute Gasteiger partial charge is 0.448 e. The van der Waals surface area contributed by atoms with Crippen LogP contribution in [0.15, 0.2) is 47.4 Å². The van der Waals surface area contributed by atoms with Crippen LogP contribution < -0.4 is 0 Å². The Morgan fingerprint density at radius 1 is 1.06 bits per heavy atom. The van der Waals surface area contributed by atoms with Gasteiger partial charge in [-0.05, 0) is 73.6 Å². The second kappa shape index (κ2) is 8.16. The first-order valence-corrected chi connectivity index (χ1v) is 13.1. The van der Waals surface area contributed by atoms with E-state index in [2.05, 4.69) is 0 Å². The monoisotopic (exact) mass is 529 g/mol. The van der Waals surface area contributed by atoms with Crippen LogP contribution in [-0.4, -0.2) is 44.8 Å². The van der Waals surface area contributed by atoms with Crippen molar-refractivity contribution in [3.8, 4) is 0 Å². The smallest absolute Gasteiger partial charge is 0.426 e. The van der Waals surface area contributed by atoms with Gasteiger partial charge in [0.1, 0.15) is 17.2 Å². The predicted octanol–water partition coefficient (Wildman–Crippen LogP) is 5.42. The molecule has 0 N–H and O–H groups in total. The predicted molar refractivity (Wildman–Crippen MR) is 119 cm³/mol. The number of nitrogens with zero attached hydrogens (tertiary/aromatic N) is 1. The van der Waals surface area contributed by atoms with Gasteiger partial charge in [0.15, 0.2) is 9.84 Å². The highest BCUT2D eigenvalue weighted by atomic mass is 32.2. The maximum Gasteiger partial charge on any atom is 0.426 e. The van der Waals surface area contributed by atoms with Crippen LogP contribution in [0.2, 0.25) is 0 Å². The van der Waals surface area contributed by atoms with E-state index in [0.717, 1.165) is 24.3 Å². The fraction of sp³-hybridized carbons (Fsp3) is 0.480. The van der Waals surface area contributed by atoms with Crippen molar-refractivity contribution in [1.82, 2.24) is 4.90 Å². The summed E-state index contributed by atoms with van der Waals surface area (Å²) in [6.45, 7) is 0.937. The molecular weight excluding hydrogens is 505 g/mol. The van der Waals surface area contributed by atoms with Crippen LogP contribution in [0.25, 0.3) is 0 Å². The molecule has 2 aromatic carbocycles. The van der Waals surface area contributed by atoms with Gasteiger partial charge in [-0.25, -0.2) is 22.0 Å². The van der Waals surface area contributed by atoms with E-state index >= 15 is 0 Å². The molecule has 5 rings (SSSR count). The fourth-order valence-electron chi connectivity index (χ4n) is 6.18. The summed E-state index contributed by atoms with van der Waals surface area (Å²) < 4.78 is 101. The van der Waals surface area contributed by atoms with E-state index in [9.17, 15) is 35.2 Å². The number of carbonyl (C=O) groups excluding carboxylic acids is 1. The third-order valence-corrected chi connectivity index (χ3v) is 10.6. The van der Waals surface area contributed by atoms with Crippen LogP contribution in [0.1, 0.15) is 42.9 Å². The zero-order valence-electron chi connectivity index (χ0n) is 19.3. The van der Waals surface area contributed by atoms with Gasteiger partial charge in [-0.15, -0.1) is 0 Å². The lowest BCUT2D eigenvalue weighted by Crippen LogP contribution is -2.49. The second-order valence-corrected chi connectivity index (χ2v) is 12.0. The van der Waals surface area contributed by atoms with E-state index in [1.165, 1.54) is 23.1 Å². The Kier molecular flexibility index (Phi) is 5.66. The molecule has 0 bridgehead atoms. The van der Waals surface area contributed by atoms with Crippen molar-refractivity contribution in [2.75, 3.05) is 13.2 Å².